The van der Waals surface area contributed by atoms with Crippen LogP contribution in [-0.2, 0) is 17.6 Å². The first-order valence-electron chi connectivity index (χ1n) is 12.1. The summed E-state index contributed by atoms with van der Waals surface area (Å²) in [6, 6.07) is 7.28. The fraction of sp³-hybridized carbons (Fsp3) is 0.720. The number of hydrogen-bond acceptors (Lipinski definition) is 4. The zero-order valence-electron chi connectivity index (χ0n) is 19.3. The Morgan fingerprint density at radius 1 is 1.17 bits per heavy atom. The number of nitrogens with zero attached hydrogens (tertiary/aromatic N) is 2. The van der Waals surface area contributed by atoms with E-state index in [0.717, 1.165) is 70.7 Å². The van der Waals surface area contributed by atoms with Crippen molar-refractivity contribution >= 4 is 5.91 Å². The molecular formula is C25H41N3O2. The van der Waals surface area contributed by atoms with Gasteiger partial charge in [-0.1, -0.05) is 13.0 Å². The van der Waals surface area contributed by atoms with E-state index in [9.17, 15) is 4.79 Å². The predicted molar refractivity (Wildman–Crippen MR) is 123 cm³/mol. The summed E-state index contributed by atoms with van der Waals surface area (Å²) in [5.74, 6) is 1.32. The smallest absolute Gasteiger partial charge is 0.223 e. The molecule has 1 aliphatic carbocycles. The van der Waals surface area contributed by atoms with Crippen molar-refractivity contribution in [3.8, 4) is 5.75 Å². The monoisotopic (exact) mass is 415 g/mol. The van der Waals surface area contributed by atoms with E-state index in [-0.39, 0.29) is 6.10 Å². The van der Waals surface area contributed by atoms with E-state index < -0.39 is 0 Å². The number of ether oxygens (including phenoxy) is 1. The van der Waals surface area contributed by atoms with Crippen molar-refractivity contribution in [1.82, 2.24) is 15.1 Å². The average Bonchev–Trinajstić information content (AvgIpc) is 2.93. The van der Waals surface area contributed by atoms with Crippen molar-refractivity contribution in [2.75, 3.05) is 39.3 Å². The van der Waals surface area contributed by atoms with Crippen LogP contribution in [0.15, 0.2) is 18.2 Å². The van der Waals surface area contributed by atoms with Crippen molar-refractivity contribution in [1.29, 1.82) is 0 Å². The van der Waals surface area contributed by atoms with Gasteiger partial charge in [0.2, 0.25) is 5.91 Å². The van der Waals surface area contributed by atoms with Crippen molar-refractivity contribution in [2.45, 2.75) is 77.9 Å². The Balaban J connectivity index is 1.51. The lowest BCUT2D eigenvalue weighted by Gasteiger charge is -2.35. The fourth-order valence-corrected chi connectivity index (χ4v) is 4.81. The van der Waals surface area contributed by atoms with E-state index in [4.69, 9.17) is 4.74 Å². The molecule has 1 aliphatic heterocycles. The van der Waals surface area contributed by atoms with Crippen LogP contribution < -0.4 is 10.1 Å². The lowest BCUT2D eigenvalue weighted by atomic mass is 9.87. The first-order chi connectivity index (χ1) is 14.6. The maximum atomic E-state index is 12.2. The van der Waals surface area contributed by atoms with E-state index in [1.165, 1.54) is 24.0 Å². The van der Waals surface area contributed by atoms with Crippen molar-refractivity contribution in [2.24, 2.45) is 0 Å². The molecule has 2 aliphatic rings. The molecule has 0 aromatic heterocycles. The molecule has 3 rings (SSSR count). The number of benzene rings is 1. The molecule has 30 heavy (non-hydrogen) atoms. The number of unbranched alkanes of at least 4 members (excludes halogenated alkanes) is 1. The number of aryl methyl sites for hydroxylation is 1. The van der Waals surface area contributed by atoms with Crippen LogP contribution in [0.3, 0.4) is 0 Å². The molecule has 1 aromatic rings. The molecule has 168 valence electrons. The average molecular weight is 416 g/mol. The maximum absolute atomic E-state index is 12.2. The molecule has 1 saturated heterocycles. The lowest BCUT2D eigenvalue weighted by Crippen LogP contribution is -2.41. The van der Waals surface area contributed by atoms with Crippen LogP contribution in [0.4, 0.5) is 0 Å². The first kappa shape index (κ1) is 23.1. The van der Waals surface area contributed by atoms with E-state index in [0.29, 0.717) is 18.4 Å². The van der Waals surface area contributed by atoms with Crippen LogP contribution in [-0.4, -0.2) is 67.1 Å². The number of hydrogen-bond donors (Lipinski definition) is 1. The van der Waals surface area contributed by atoms with Crippen molar-refractivity contribution < 1.29 is 9.53 Å². The molecule has 0 saturated carbocycles. The highest BCUT2D eigenvalue weighted by Crippen LogP contribution is 2.28. The van der Waals surface area contributed by atoms with Gasteiger partial charge in [-0.2, -0.15) is 0 Å². The Morgan fingerprint density at radius 2 is 2.03 bits per heavy atom. The van der Waals surface area contributed by atoms with Gasteiger partial charge in [0.25, 0.3) is 0 Å². The highest BCUT2D eigenvalue weighted by Gasteiger charge is 2.24. The summed E-state index contributed by atoms with van der Waals surface area (Å²) in [6.45, 7) is 12.3. The van der Waals surface area contributed by atoms with Gasteiger partial charge in [0.05, 0.1) is 6.10 Å². The van der Waals surface area contributed by atoms with Gasteiger partial charge in [-0.05, 0) is 88.7 Å². The molecule has 0 spiro atoms. The zero-order chi connectivity index (χ0) is 21.3. The van der Waals surface area contributed by atoms with Gasteiger partial charge in [0, 0.05) is 38.6 Å². The SMILES string of the molecule is CCCN(CCCCN1CCNCCC1=O)C1CCc2ccc(OC(C)C)cc2C1. The summed E-state index contributed by atoms with van der Waals surface area (Å²) in [5, 5.41) is 3.32. The molecule has 1 fully saturated rings. The van der Waals surface area contributed by atoms with Crippen LogP contribution in [0.1, 0.15) is 64.0 Å². The fourth-order valence-electron chi connectivity index (χ4n) is 4.81. The van der Waals surface area contributed by atoms with Crippen molar-refractivity contribution in [3.05, 3.63) is 29.3 Å². The Bertz CT molecular complexity index is 676. The van der Waals surface area contributed by atoms with Gasteiger partial charge >= 0.3 is 0 Å². The number of amides is 1. The first-order valence-corrected chi connectivity index (χ1v) is 12.1. The van der Waals surface area contributed by atoms with Crippen LogP contribution >= 0.6 is 0 Å². The number of rotatable bonds is 10. The lowest BCUT2D eigenvalue weighted by molar-refractivity contribution is -0.130. The Kier molecular flexibility index (Phi) is 9.01. The topological polar surface area (TPSA) is 44.8 Å². The third-order valence-electron chi connectivity index (χ3n) is 6.33. The molecule has 0 radical (unpaired) electrons. The van der Waals surface area contributed by atoms with Gasteiger partial charge in [-0.15, -0.1) is 0 Å². The minimum Gasteiger partial charge on any atom is -0.491 e. The second kappa shape index (κ2) is 11.7. The summed E-state index contributed by atoms with van der Waals surface area (Å²) in [4.78, 5) is 16.9. The Morgan fingerprint density at radius 3 is 2.83 bits per heavy atom. The number of carbonyl (C=O) groups excluding carboxylic acids is 1. The molecule has 1 aromatic carbocycles. The van der Waals surface area contributed by atoms with Gasteiger partial charge in [-0.3, -0.25) is 4.79 Å². The Labute approximate surface area is 183 Å². The predicted octanol–water partition coefficient (Wildman–Crippen LogP) is 3.65. The minimum absolute atomic E-state index is 0.214. The molecule has 5 heteroatoms. The number of carbonyl (C=O) groups is 1. The van der Waals surface area contributed by atoms with Gasteiger partial charge < -0.3 is 19.9 Å². The largest absolute Gasteiger partial charge is 0.491 e. The third-order valence-corrected chi connectivity index (χ3v) is 6.33. The molecule has 5 nitrogen and oxygen atoms in total. The molecule has 1 heterocycles. The maximum Gasteiger partial charge on any atom is 0.223 e. The van der Waals surface area contributed by atoms with Gasteiger partial charge in [0.1, 0.15) is 5.75 Å². The van der Waals surface area contributed by atoms with Crippen LogP contribution in [0.5, 0.6) is 5.75 Å². The molecule has 1 unspecified atom stereocenters. The normalized spacial score (nSPS) is 19.8. The van der Waals surface area contributed by atoms with E-state index in [1.807, 2.05) is 0 Å². The number of nitrogens with one attached hydrogen (secondary N) is 1. The number of fused-ring (bicyclic) bond motifs is 1. The zero-order valence-corrected chi connectivity index (χ0v) is 19.3. The van der Waals surface area contributed by atoms with E-state index >= 15 is 0 Å². The van der Waals surface area contributed by atoms with Crippen molar-refractivity contribution in [3.63, 3.8) is 0 Å². The minimum atomic E-state index is 0.214. The van der Waals surface area contributed by atoms with Crippen LogP contribution in [0, 0.1) is 0 Å². The van der Waals surface area contributed by atoms with E-state index in [2.05, 4.69) is 54.1 Å². The highest BCUT2D eigenvalue weighted by atomic mass is 16.5. The molecule has 1 N–H and O–H groups in total. The molecule has 0 bridgehead atoms. The summed E-state index contributed by atoms with van der Waals surface area (Å²) in [6.07, 6.45) is 7.85. The second-order valence-corrected chi connectivity index (χ2v) is 9.12. The quantitative estimate of drug-likeness (QED) is 0.593. The standard InChI is InChI=1S/C25H41N3O2/c1-4-14-27(15-5-6-16-28-17-13-26-12-11-25(28)29)23-9-7-21-8-10-24(30-20(2)3)19-22(21)18-23/h8,10,19-20,23,26H,4-7,9,11-18H2,1-3H3. The molecular weight excluding hydrogens is 374 g/mol. The summed E-state index contributed by atoms with van der Waals surface area (Å²) < 4.78 is 5.93. The molecule has 1 amide bonds. The van der Waals surface area contributed by atoms with Gasteiger partial charge in [-0.25, -0.2) is 0 Å². The Hall–Kier alpha value is -1.59. The highest BCUT2D eigenvalue weighted by molar-refractivity contribution is 5.76. The van der Waals surface area contributed by atoms with Crippen LogP contribution in [0.25, 0.3) is 0 Å². The molecule has 1 atom stereocenters. The van der Waals surface area contributed by atoms with Crippen LogP contribution in [0.2, 0.25) is 0 Å². The third kappa shape index (κ3) is 6.71. The summed E-state index contributed by atoms with van der Waals surface area (Å²) >= 11 is 0. The summed E-state index contributed by atoms with van der Waals surface area (Å²) in [5.41, 5.74) is 2.96. The van der Waals surface area contributed by atoms with E-state index in [1.54, 1.807) is 0 Å². The van der Waals surface area contributed by atoms with Gasteiger partial charge in [0.15, 0.2) is 0 Å². The second-order valence-electron chi connectivity index (χ2n) is 9.12. The summed E-state index contributed by atoms with van der Waals surface area (Å²) in [7, 11) is 0.